The monoisotopic (exact) mass is 335 g/mol. The fourth-order valence-electron chi connectivity index (χ4n) is 2.92. The summed E-state index contributed by atoms with van der Waals surface area (Å²) >= 11 is 0. The predicted molar refractivity (Wildman–Crippen MR) is 85.8 cm³/mol. The van der Waals surface area contributed by atoms with Crippen LogP contribution in [0.2, 0.25) is 0 Å². The summed E-state index contributed by atoms with van der Waals surface area (Å²) in [5.41, 5.74) is -0.922. The molecule has 128 valence electrons. The molecule has 0 atom stereocenters. The van der Waals surface area contributed by atoms with Gasteiger partial charge in [-0.05, 0) is 29.8 Å². The van der Waals surface area contributed by atoms with Crippen LogP contribution in [0.1, 0.15) is 18.4 Å². The molecule has 0 N–H and O–H groups in total. The lowest BCUT2D eigenvalue weighted by atomic mass is 9.86. The van der Waals surface area contributed by atoms with Crippen molar-refractivity contribution in [2.75, 3.05) is 32.2 Å². The molecule has 0 bridgehead atoms. The van der Waals surface area contributed by atoms with Gasteiger partial charge in [-0.25, -0.2) is 4.39 Å². The van der Waals surface area contributed by atoms with Gasteiger partial charge in [-0.2, -0.15) is 4.39 Å². The van der Waals surface area contributed by atoms with Crippen molar-refractivity contribution in [3.05, 3.63) is 41.8 Å². The third-order valence-electron chi connectivity index (χ3n) is 4.37. The Morgan fingerprint density at radius 3 is 2.12 bits per heavy atom. The highest BCUT2D eigenvalue weighted by molar-refractivity contribution is 5.43. The summed E-state index contributed by atoms with van der Waals surface area (Å²) in [6, 6.07) is 7.94. The van der Waals surface area contributed by atoms with Crippen molar-refractivity contribution < 1.29 is 18.3 Å². The zero-order valence-electron chi connectivity index (χ0n) is 13.6. The molecule has 24 heavy (non-hydrogen) atoms. The summed E-state index contributed by atoms with van der Waals surface area (Å²) in [5.74, 6) is 1.06. The van der Waals surface area contributed by atoms with Gasteiger partial charge in [0.05, 0.1) is 14.2 Å². The number of methoxy groups -OCH3 is 2. The first-order chi connectivity index (χ1) is 11.5. The van der Waals surface area contributed by atoms with E-state index in [0.717, 1.165) is 0 Å². The van der Waals surface area contributed by atoms with Crippen molar-refractivity contribution in [1.82, 2.24) is 10.2 Å². The maximum absolute atomic E-state index is 15.5. The van der Waals surface area contributed by atoms with Gasteiger partial charge < -0.3 is 14.4 Å². The number of aromatic nitrogens is 2. The van der Waals surface area contributed by atoms with Gasteiger partial charge in [0.1, 0.15) is 17.2 Å². The second kappa shape index (κ2) is 6.59. The molecular formula is C17H19F2N3O2. The molecule has 3 rings (SSSR count). The number of piperidine rings is 1. The average molecular weight is 335 g/mol. The van der Waals surface area contributed by atoms with E-state index < -0.39 is 11.6 Å². The molecule has 1 saturated heterocycles. The third-order valence-corrected chi connectivity index (χ3v) is 4.37. The van der Waals surface area contributed by atoms with Crippen LogP contribution < -0.4 is 14.4 Å². The van der Waals surface area contributed by atoms with E-state index in [0.29, 0.717) is 48.8 Å². The predicted octanol–water partition coefficient (Wildman–Crippen LogP) is 3.10. The molecule has 0 saturated carbocycles. The van der Waals surface area contributed by atoms with E-state index in [-0.39, 0.29) is 0 Å². The maximum Gasteiger partial charge on any atom is 0.233 e. The van der Waals surface area contributed by atoms with Crippen LogP contribution in [0.25, 0.3) is 0 Å². The Morgan fingerprint density at radius 1 is 1.00 bits per heavy atom. The molecule has 0 aliphatic carbocycles. The normalized spacial score (nSPS) is 16.8. The molecule has 1 aromatic heterocycles. The van der Waals surface area contributed by atoms with Crippen molar-refractivity contribution >= 4 is 5.82 Å². The van der Waals surface area contributed by atoms with E-state index in [4.69, 9.17) is 9.47 Å². The number of hydrogen-bond acceptors (Lipinski definition) is 5. The number of halogens is 2. The second-order valence-corrected chi connectivity index (χ2v) is 5.77. The van der Waals surface area contributed by atoms with Crippen LogP contribution in [0.5, 0.6) is 11.5 Å². The molecule has 5 nitrogen and oxygen atoms in total. The van der Waals surface area contributed by atoms with Gasteiger partial charge in [-0.15, -0.1) is 10.2 Å². The molecule has 2 aromatic rings. The fraction of sp³-hybridized carbons (Fsp3) is 0.412. The first-order valence-corrected chi connectivity index (χ1v) is 7.71. The number of ether oxygens (including phenoxy) is 2. The summed E-state index contributed by atoms with van der Waals surface area (Å²) in [7, 11) is 3.08. The van der Waals surface area contributed by atoms with Gasteiger partial charge in [0.15, 0.2) is 5.82 Å². The van der Waals surface area contributed by atoms with Gasteiger partial charge in [-0.1, -0.05) is 0 Å². The van der Waals surface area contributed by atoms with E-state index in [1.165, 1.54) is 6.07 Å². The highest BCUT2D eigenvalue weighted by Gasteiger charge is 2.37. The smallest absolute Gasteiger partial charge is 0.233 e. The van der Waals surface area contributed by atoms with Crippen LogP contribution in [0.15, 0.2) is 30.3 Å². The standard InChI is InChI=1S/C17H19F2N3O2/c1-23-13-9-12(10-14(11-13)24-2)17(19)5-7-22(8-6-17)16-4-3-15(18)20-21-16/h3-4,9-11H,5-8H2,1-2H3. The second-order valence-electron chi connectivity index (χ2n) is 5.77. The Morgan fingerprint density at radius 2 is 1.62 bits per heavy atom. The first kappa shape index (κ1) is 16.4. The summed E-state index contributed by atoms with van der Waals surface area (Å²) in [6.45, 7) is 0.937. The Hall–Kier alpha value is -2.44. The number of rotatable bonds is 4. The summed E-state index contributed by atoms with van der Waals surface area (Å²) in [4.78, 5) is 1.90. The molecule has 1 fully saturated rings. The lowest BCUT2D eigenvalue weighted by Crippen LogP contribution is -2.40. The SMILES string of the molecule is COc1cc(OC)cc(C2(F)CCN(c3ccc(F)nn3)CC2)c1. The first-order valence-electron chi connectivity index (χ1n) is 7.71. The van der Waals surface area contributed by atoms with E-state index in [1.807, 2.05) is 4.90 Å². The lowest BCUT2D eigenvalue weighted by Gasteiger charge is -2.37. The third kappa shape index (κ3) is 3.25. The van der Waals surface area contributed by atoms with Crippen LogP contribution in [0.4, 0.5) is 14.6 Å². The molecule has 0 radical (unpaired) electrons. The maximum atomic E-state index is 15.5. The molecule has 0 unspecified atom stereocenters. The Balaban J connectivity index is 1.78. The van der Waals surface area contributed by atoms with Gasteiger partial charge >= 0.3 is 0 Å². The largest absolute Gasteiger partial charge is 0.497 e. The molecule has 1 aliphatic rings. The highest BCUT2D eigenvalue weighted by atomic mass is 19.1. The van der Waals surface area contributed by atoms with Crippen molar-refractivity contribution in [2.24, 2.45) is 0 Å². The summed E-state index contributed by atoms with van der Waals surface area (Å²) in [5, 5.41) is 7.22. The fourth-order valence-corrected chi connectivity index (χ4v) is 2.92. The Bertz CT molecular complexity index is 679. The molecule has 0 amide bonds. The summed E-state index contributed by atoms with van der Waals surface area (Å²) in [6.07, 6.45) is 0.588. The molecule has 0 spiro atoms. The molecule has 1 aromatic carbocycles. The molecular weight excluding hydrogens is 316 g/mol. The average Bonchev–Trinajstić information content (AvgIpc) is 2.62. The van der Waals surface area contributed by atoms with Crippen LogP contribution in [-0.2, 0) is 5.67 Å². The van der Waals surface area contributed by atoms with E-state index >= 15 is 4.39 Å². The molecule has 1 aliphatic heterocycles. The number of anilines is 1. The van der Waals surface area contributed by atoms with Crippen molar-refractivity contribution in [2.45, 2.75) is 18.5 Å². The minimum Gasteiger partial charge on any atom is -0.497 e. The lowest BCUT2D eigenvalue weighted by molar-refractivity contribution is 0.124. The molecule has 2 heterocycles. The minimum absolute atomic E-state index is 0.294. The van der Waals surface area contributed by atoms with Crippen LogP contribution in [-0.4, -0.2) is 37.5 Å². The summed E-state index contributed by atoms with van der Waals surface area (Å²) < 4.78 is 38.8. The van der Waals surface area contributed by atoms with E-state index in [9.17, 15) is 4.39 Å². The van der Waals surface area contributed by atoms with Crippen molar-refractivity contribution in [3.8, 4) is 11.5 Å². The van der Waals surface area contributed by atoms with E-state index in [1.54, 1.807) is 38.5 Å². The Labute approximate surface area is 139 Å². The van der Waals surface area contributed by atoms with Gasteiger partial charge in [0.2, 0.25) is 5.95 Å². The zero-order chi connectivity index (χ0) is 17.2. The van der Waals surface area contributed by atoms with Crippen LogP contribution in [0, 0.1) is 5.95 Å². The minimum atomic E-state index is -1.47. The van der Waals surface area contributed by atoms with Crippen molar-refractivity contribution in [1.29, 1.82) is 0 Å². The number of benzene rings is 1. The van der Waals surface area contributed by atoms with Crippen LogP contribution in [0.3, 0.4) is 0 Å². The van der Waals surface area contributed by atoms with Gasteiger partial charge in [-0.3, -0.25) is 0 Å². The number of hydrogen-bond donors (Lipinski definition) is 0. The molecule has 7 heteroatoms. The number of alkyl halides is 1. The van der Waals surface area contributed by atoms with Gasteiger partial charge in [0.25, 0.3) is 0 Å². The zero-order valence-corrected chi connectivity index (χ0v) is 13.6. The number of nitrogens with zero attached hydrogens (tertiary/aromatic N) is 3. The quantitative estimate of drug-likeness (QED) is 0.859. The Kier molecular flexibility index (Phi) is 4.51. The van der Waals surface area contributed by atoms with Gasteiger partial charge in [0, 0.05) is 32.0 Å². The topological polar surface area (TPSA) is 47.5 Å². The van der Waals surface area contributed by atoms with Crippen LogP contribution >= 0.6 is 0 Å². The van der Waals surface area contributed by atoms with E-state index in [2.05, 4.69) is 10.2 Å². The van der Waals surface area contributed by atoms with Crippen molar-refractivity contribution in [3.63, 3.8) is 0 Å². The highest BCUT2D eigenvalue weighted by Crippen LogP contribution is 2.40.